The van der Waals surface area contributed by atoms with E-state index in [0.29, 0.717) is 0 Å². The number of ether oxygens (including phenoxy) is 1. The summed E-state index contributed by atoms with van der Waals surface area (Å²) in [4.78, 5) is 12.5. The number of hydrogen-bond acceptors (Lipinski definition) is 2. The Morgan fingerprint density at radius 1 is 0.920 bits per heavy atom. The number of nitrogens with one attached hydrogen (secondary N) is 1. The third-order valence-electron chi connectivity index (χ3n) is 4.83. The Bertz CT molecular complexity index is 780. The van der Waals surface area contributed by atoms with Crippen LogP contribution in [0.1, 0.15) is 53.3 Å². The molecular weight excluding hydrogens is 310 g/mol. The number of hydrogen-bond donors (Lipinski definition) is 1. The first-order chi connectivity index (χ1) is 11.7. The maximum atomic E-state index is 12.5. The van der Waals surface area contributed by atoms with Gasteiger partial charge < -0.3 is 10.1 Å². The van der Waals surface area contributed by atoms with Gasteiger partial charge in [0.15, 0.2) is 6.10 Å². The molecule has 0 fully saturated rings. The monoisotopic (exact) mass is 339 g/mol. The molecule has 0 aliphatic carbocycles. The van der Waals surface area contributed by atoms with Gasteiger partial charge in [0.2, 0.25) is 0 Å². The van der Waals surface area contributed by atoms with Crippen LogP contribution in [0.25, 0.3) is 0 Å². The fraction of sp³-hybridized carbons (Fsp3) is 0.409. The summed E-state index contributed by atoms with van der Waals surface area (Å²) in [5, 5.41) is 3.05. The molecule has 2 aromatic rings. The molecule has 1 N–H and O–H groups in total. The number of amides is 1. The van der Waals surface area contributed by atoms with E-state index >= 15 is 0 Å². The van der Waals surface area contributed by atoms with Crippen LogP contribution in [0.2, 0.25) is 0 Å². The SMILES string of the molecule is Cc1cc(C)c(C)c(OC(C)C(=O)NC(C)c2ccc(C)c(C)c2)c1. The van der Waals surface area contributed by atoms with Crippen LogP contribution in [0.3, 0.4) is 0 Å². The topological polar surface area (TPSA) is 38.3 Å². The van der Waals surface area contributed by atoms with E-state index in [4.69, 9.17) is 4.74 Å². The van der Waals surface area contributed by atoms with Crippen molar-refractivity contribution in [3.05, 3.63) is 63.7 Å². The normalized spacial score (nSPS) is 13.2. The molecule has 25 heavy (non-hydrogen) atoms. The van der Waals surface area contributed by atoms with Crippen LogP contribution < -0.4 is 10.1 Å². The van der Waals surface area contributed by atoms with E-state index in [1.807, 2.05) is 26.8 Å². The van der Waals surface area contributed by atoms with E-state index in [-0.39, 0.29) is 11.9 Å². The second kappa shape index (κ2) is 7.73. The second-order valence-corrected chi connectivity index (χ2v) is 7.04. The molecule has 0 saturated heterocycles. The fourth-order valence-corrected chi connectivity index (χ4v) is 2.82. The average Bonchev–Trinajstić information content (AvgIpc) is 2.54. The van der Waals surface area contributed by atoms with E-state index in [0.717, 1.165) is 22.4 Å². The van der Waals surface area contributed by atoms with E-state index < -0.39 is 6.10 Å². The van der Waals surface area contributed by atoms with Crippen LogP contribution >= 0.6 is 0 Å². The van der Waals surface area contributed by atoms with Gasteiger partial charge in [-0.25, -0.2) is 0 Å². The lowest BCUT2D eigenvalue weighted by atomic mass is 10.0. The highest BCUT2D eigenvalue weighted by molar-refractivity contribution is 5.81. The first-order valence-electron chi connectivity index (χ1n) is 8.81. The molecule has 134 valence electrons. The third kappa shape index (κ3) is 4.62. The van der Waals surface area contributed by atoms with Crippen LogP contribution in [0.15, 0.2) is 30.3 Å². The van der Waals surface area contributed by atoms with Crippen molar-refractivity contribution in [3.63, 3.8) is 0 Å². The van der Waals surface area contributed by atoms with Gasteiger partial charge in [-0.2, -0.15) is 0 Å². The molecule has 0 heterocycles. The summed E-state index contributed by atoms with van der Waals surface area (Å²) >= 11 is 0. The van der Waals surface area contributed by atoms with Crippen molar-refractivity contribution in [2.75, 3.05) is 0 Å². The van der Waals surface area contributed by atoms with E-state index in [1.165, 1.54) is 16.7 Å². The summed E-state index contributed by atoms with van der Waals surface area (Å²) in [6, 6.07) is 10.3. The average molecular weight is 339 g/mol. The van der Waals surface area contributed by atoms with Crippen molar-refractivity contribution in [2.45, 2.75) is 60.6 Å². The molecule has 3 heteroatoms. The quantitative estimate of drug-likeness (QED) is 0.843. The van der Waals surface area contributed by atoms with Crippen LogP contribution in [-0.2, 0) is 4.79 Å². The number of aryl methyl sites for hydroxylation is 4. The second-order valence-electron chi connectivity index (χ2n) is 7.04. The van der Waals surface area contributed by atoms with Gasteiger partial charge in [0.05, 0.1) is 6.04 Å². The van der Waals surface area contributed by atoms with Gasteiger partial charge >= 0.3 is 0 Å². The maximum absolute atomic E-state index is 12.5. The van der Waals surface area contributed by atoms with Crippen LogP contribution in [0.5, 0.6) is 5.75 Å². The highest BCUT2D eigenvalue weighted by Gasteiger charge is 2.19. The van der Waals surface area contributed by atoms with Gasteiger partial charge in [-0.05, 0) is 87.9 Å². The number of rotatable bonds is 5. The summed E-state index contributed by atoms with van der Waals surface area (Å²) in [5.74, 6) is 0.670. The maximum Gasteiger partial charge on any atom is 0.261 e. The van der Waals surface area contributed by atoms with Gasteiger partial charge in [-0.15, -0.1) is 0 Å². The molecule has 0 radical (unpaired) electrons. The predicted octanol–water partition coefficient (Wildman–Crippen LogP) is 4.87. The third-order valence-corrected chi connectivity index (χ3v) is 4.83. The predicted molar refractivity (Wildman–Crippen MR) is 103 cm³/mol. The molecule has 2 unspecified atom stereocenters. The molecule has 0 aromatic heterocycles. The van der Waals surface area contributed by atoms with Gasteiger partial charge in [0, 0.05) is 0 Å². The minimum absolute atomic E-state index is 0.0572. The first-order valence-corrected chi connectivity index (χ1v) is 8.81. The minimum atomic E-state index is -0.547. The minimum Gasteiger partial charge on any atom is -0.481 e. The van der Waals surface area contributed by atoms with Gasteiger partial charge in [-0.3, -0.25) is 4.79 Å². The summed E-state index contributed by atoms with van der Waals surface area (Å²) in [7, 11) is 0. The molecule has 0 saturated carbocycles. The fourth-order valence-electron chi connectivity index (χ4n) is 2.82. The lowest BCUT2D eigenvalue weighted by Gasteiger charge is -2.21. The van der Waals surface area contributed by atoms with Crippen molar-refractivity contribution in [2.24, 2.45) is 0 Å². The number of benzene rings is 2. The Labute approximate surface area is 151 Å². The zero-order valence-electron chi connectivity index (χ0n) is 16.4. The summed E-state index contributed by atoms with van der Waals surface area (Å²) in [6.45, 7) is 14.1. The van der Waals surface area contributed by atoms with Crippen molar-refractivity contribution < 1.29 is 9.53 Å². The molecule has 0 aliphatic heterocycles. The largest absolute Gasteiger partial charge is 0.481 e. The highest BCUT2D eigenvalue weighted by atomic mass is 16.5. The molecule has 0 aliphatic rings. The Morgan fingerprint density at radius 2 is 1.60 bits per heavy atom. The highest BCUT2D eigenvalue weighted by Crippen LogP contribution is 2.24. The Balaban J connectivity index is 2.06. The standard InChI is InChI=1S/C22H29NO2/c1-13-10-16(4)17(5)21(11-13)25-19(7)22(24)23-18(6)20-9-8-14(2)15(3)12-20/h8-12,18-19H,1-7H3,(H,23,24). The van der Waals surface area contributed by atoms with Gasteiger partial charge in [0.1, 0.15) is 5.75 Å². The molecule has 2 atom stereocenters. The Morgan fingerprint density at radius 3 is 2.24 bits per heavy atom. The van der Waals surface area contributed by atoms with E-state index in [9.17, 15) is 4.79 Å². The zero-order chi connectivity index (χ0) is 18.7. The van der Waals surface area contributed by atoms with Crippen molar-refractivity contribution in [1.29, 1.82) is 0 Å². The van der Waals surface area contributed by atoms with Crippen molar-refractivity contribution in [1.82, 2.24) is 5.32 Å². The lowest BCUT2D eigenvalue weighted by molar-refractivity contribution is -0.127. The molecule has 2 rings (SSSR count). The van der Waals surface area contributed by atoms with Crippen LogP contribution in [0.4, 0.5) is 0 Å². The Hall–Kier alpha value is -2.29. The molecule has 0 bridgehead atoms. The van der Waals surface area contributed by atoms with Crippen LogP contribution in [-0.4, -0.2) is 12.0 Å². The molecule has 3 nitrogen and oxygen atoms in total. The lowest BCUT2D eigenvalue weighted by Crippen LogP contribution is -2.38. The van der Waals surface area contributed by atoms with Gasteiger partial charge in [0.25, 0.3) is 5.91 Å². The van der Waals surface area contributed by atoms with E-state index in [1.54, 1.807) is 6.92 Å². The van der Waals surface area contributed by atoms with Crippen molar-refractivity contribution in [3.8, 4) is 5.75 Å². The summed E-state index contributed by atoms with van der Waals surface area (Å²) < 4.78 is 5.94. The molecule has 1 amide bonds. The first kappa shape index (κ1) is 19.0. The molecule has 2 aromatic carbocycles. The number of carbonyl (C=O) groups excluding carboxylic acids is 1. The van der Waals surface area contributed by atoms with Crippen LogP contribution in [0, 0.1) is 34.6 Å². The number of carbonyl (C=O) groups is 1. The Kier molecular flexibility index (Phi) is 5.89. The van der Waals surface area contributed by atoms with E-state index in [2.05, 4.69) is 50.4 Å². The smallest absolute Gasteiger partial charge is 0.261 e. The molecule has 0 spiro atoms. The molecular formula is C22H29NO2. The van der Waals surface area contributed by atoms with Gasteiger partial charge in [-0.1, -0.05) is 24.3 Å². The van der Waals surface area contributed by atoms with Crippen molar-refractivity contribution >= 4 is 5.91 Å². The summed E-state index contributed by atoms with van der Waals surface area (Å²) in [6.07, 6.45) is -0.547. The zero-order valence-corrected chi connectivity index (χ0v) is 16.4. The summed E-state index contributed by atoms with van der Waals surface area (Å²) in [5.41, 5.74) is 6.97.